The van der Waals surface area contributed by atoms with Crippen LogP contribution in [0, 0.1) is 11.3 Å². The Morgan fingerprint density at radius 1 is 1.16 bits per heavy atom. The quantitative estimate of drug-likeness (QED) is 0.176. The number of aromatic nitrogens is 3. The van der Waals surface area contributed by atoms with E-state index in [1.54, 1.807) is 25.4 Å². The number of carboxylic acid groups (broad SMARTS) is 1. The summed E-state index contributed by atoms with van der Waals surface area (Å²) in [5, 5.41) is 16.6. The van der Waals surface area contributed by atoms with Crippen molar-refractivity contribution in [2.45, 2.75) is 91.6 Å². The Hall–Kier alpha value is -3.31. The summed E-state index contributed by atoms with van der Waals surface area (Å²) < 4.78 is 9.09. The summed E-state index contributed by atoms with van der Waals surface area (Å²) in [4.78, 5) is 44.3. The monoisotopic (exact) mass is 657 g/mol. The number of benzene rings is 1. The molecule has 0 aliphatic heterocycles. The van der Waals surface area contributed by atoms with Gasteiger partial charge in [0.25, 0.3) is 11.5 Å². The summed E-state index contributed by atoms with van der Waals surface area (Å²) in [6.45, 7) is 17.8. The fraction of sp³-hybridized carbons (Fsp3) is 0.576. The number of aliphatic carboxylic acids is 1. The molecule has 0 saturated heterocycles. The summed E-state index contributed by atoms with van der Waals surface area (Å²) in [6, 6.07) is 4.22. The Labute approximate surface area is 271 Å². The highest BCUT2D eigenvalue weighted by Gasteiger charge is 2.30. The van der Waals surface area contributed by atoms with Gasteiger partial charge in [-0.3, -0.25) is 19.0 Å². The fourth-order valence-electron chi connectivity index (χ4n) is 5.78. The number of hydrogen-bond donors (Lipinski definition) is 3. The van der Waals surface area contributed by atoms with Crippen molar-refractivity contribution in [1.82, 2.24) is 19.4 Å². The number of halogens is 1. The molecule has 0 unspecified atom stereocenters. The van der Waals surface area contributed by atoms with Gasteiger partial charge in [0.15, 0.2) is 11.4 Å². The molecule has 0 bridgehead atoms. The molecule has 4 rings (SSSR count). The predicted octanol–water partition coefficient (Wildman–Crippen LogP) is 6.62. The largest absolute Gasteiger partial charge is 0.491 e. The summed E-state index contributed by atoms with van der Waals surface area (Å²) in [5.41, 5.74) is 0.530. The zero-order chi connectivity index (χ0) is 33.5. The maximum absolute atomic E-state index is 14.0. The van der Waals surface area contributed by atoms with E-state index < -0.39 is 26.1 Å². The lowest BCUT2D eigenvalue weighted by Crippen LogP contribution is -2.46. The Morgan fingerprint density at radius 2 is 1.82 bits per heavy atom. The topological polar surface area (TPSA) is 127 Å². The average molecular weight is 658 g/mol. The minimum Gasteiger partial charge on any atom is -0.491 e. The minimum atomic E-state index is -1.44. The van der Waals surface area contributed by atoms with Crippen LogP contribution in [-0.4, -0.2) is 57.9 Å². The van der Waals surface area contributed by atoms with Crippen LogP contribution in [0.15, 0.2) is 23.1 Å². The lowest BCUT2D eigenvalue weighted by atomic mass is 9.81. The van der Waals surface area contributed by atoms with Crippen molar-refractivity contribution in [2.24, 2.45) is 18.4 Å². The van der Waals surface area contributed by atoms with E-state index in [-0.39, 0.29) is 44.3 Å². The number of anilines is 1. The van der Waals surface area contributed by atoms with Crippen LogP contribution in [0.25, 0.3) is 22.2 Å². The number of fused-ring (bicyclic) bond motifs is 1. The fourth-order valence-corrected chi connectivity index (χ4v) is 6.77. The number of carbonyl (C=O) groups excluding carboxylic acids is 1. The van der Waals surface area contributed by atoms with Gasteiger partial charge < -0.3 is 25.0 Å². The first kappa shape index (κ1) is 34.6. The van der Waals surface area contributed by atoms with Crippen molar-refractivity contribution in [3.8, 4) is 16.9 Å². The molecule has 3 N–H and O–H groups in total. The molecule has 2 heterocycles. The van der Waals surface area contributed by atoms with Crippen molar-refractivity contribution in [2.75, 3.05) is 18.5 Å². The second-order valence-electron chi connectivity index (χ2n) is 15.5. The molecule has 0 spiro atoms. The molecular weight excluding hydrogens is 610 g/mol. The van der Waals surface area contributed by atoms with Crippen LogP contribution < -0.4 is 20.9 Å². The number of amides is 1. The number of nitrogens with one attached hydrogen (secondary N) is 2. The Balaban J connectivity index is 1.86. The molecule has 3 aromatic rings. The summed E-state index contributed by atoms with van der Waals surface area (Å²) in [5.74, 6) is -0.206. The maximum Gasteiger partial charge on any atom is 0.323 e. The van der Waals surface area contributed by atoms with E-state index in [0.717, 1.165) is 25.3 Å². The van der Waals surface area contributed by atoms with Crippen molar-refractivity contribution in [3.05, 3.63) is 39.3 Å². The van der Waals surface area contributed by atoms with Crippen molar-refractivity contribution >= 4 is 48.5 Å². The van der Waals surface area contributed by atoms with Crippen LogP contribution in [0.3, 0.4) is 0 Å². The van der Waals surface area contributed by atoms with E-state index in [1.807, 2.05) is 13.8 Å². The van der Waals surface area contributed by atoms with Gasteiger partial charge in [0.2, 0.25) is 5.95 Å². The van der Waals surface area contributed by atoms with Gasteiger partial charge in [-0.25, -0.2) is 0 Å². The molecule has 0 radical (unpaired) electrons. The number of ether oxygens (including phenoxy) is 1. The first-order valence-corrected chi connectivity index (χ1v) is 19.7. The molecule has 1 fully saturated rings. The van der Waals surface area contributed by atoms with Crippen LogP contribution in [-0.2, 0) is 18.4 Å². The second-order valence-corrected chi connectivity index (χ2v) is 21.5. The highest BCUT2D eigenvalue weighted by molar-refractivity contribution is 6.76. The van der Waals surface area contributed by atoms with Gasteiger partial charge in [-0.1, -0.05) is 52.0 Å². The van der Waals surface area contributed by atoms with Gasteiger partial charge in [0.05, 0.1) is 22.6 Å². The van der Waals surface area contributed by atoms with Crippen molar-refractivity contribution in [1.29, 1.82) is 0 Å². The normalized spacial score (nSPS) is 14.1. The maximum atomic E-state index is 14.0. The number of hydrogen-bond acceptors (Lipinski definition) is 6. The van der Waals surface area contributed by atoms with Crippen LogP contribution in [0.4, 0.5) is 5.95 Å². The molecule has 246 valence electrons. The lowest BCUT2D eigenvalue weighted by Gasteiger charge is -2.33. The van der Waals surface area contributed by atoms with Crippen molar-refractivity contribution in [3.63, 3.8) is 0 Å². The average Bonchev–Trinajstić information content (AvgIpc) is 3.64. The van der Waals surface area contributed by atoms with E-state index in [2.05, 4.69) is 51.0 Å². The molecule has 12 heteroatoms. The number of carbonyl (C=O) groups is 2. The minimum absolute atomic E-state index is 0.0294. The third-order valence-corrected chi connectivity index (χ3v) is 9.76. The molecule has 1 aliphatic carbocycles. The zero-order valence-corrected chi connectivity index (χ0v) is 29.8. The van der Waals surface area contributed by atoms with E-state index in [4.69, 9.17) is 21.3 Å². The van der Waals surface area contributed by atoms with E-state index >= 15 is 0 Å². The Morgan fingerprint density at radius 3 is 2.40 bits per heavy atom. The van der Waals surface area contributed by atoms with Gasteiger partial charge in [-0.05, 0) is 68.2 Å². The number of rotatable bonds is 13. The first-order valence-electron chi connectivity index (χ1n) is 15.6. The molecular formula is C33H48ClN5O5Si. The summed E-state index contributed by atoms with van der Waals surface area (Å²) in [6.07, 6.45) is 4.59. The van der Waals surface area contributed by atoms with Gasteiger partial charge in [0.1, 0.15) is 6.54 Å². The van der Waals surface area contributed by atoms with Gasteiger partial charge >= 0.3 is 5.97 Å². The predicted molar refractivity (Wildman–Crippen MR) is 184 cm³/mol. The Kier molecular flexibility index (Phi) is 9.85. The molecule has 45 heavy (non-hydrogen) atoms. The molecule has 10 nitrogen and oxygen atoms in total. The molecule has 1 aliphatic rings. The highest BCUT2D eigenvalue weighted by atomic mass is 35.5. The van der Waals surface area contributed by atoms with E-state index in [0.29, 0.717) is 36.1 Å². The van der Waals surface area contributed by atoms with Crippen LogP contribution in [0.1, 0.15) is 64.2 Å². The standard InChI is InChI=1S/C33H48ClN5O5Si/c1-32(2,3)19-33(4,5)37-29(42)22-14-21(15-24(34)27(22)44-12-13-45(7,8)9)23-17-39(18-25(40)41)28-26(23)30(43)38(6)31(36-28)35-16-20-10-11-20/h14-15,17,20H,10-13,16,18-19H2,1-9H3,(H,35,36)(H,37,42)(H,40,41). The SMILES string of the molecule is Cn1c(NCC2CC2)nc2c(c(-c3cc(Cl)c(OCC[Si](C)(C)C)c(C(=O)NC(C)(C)CC(C)(C)C)c3)cn2CC(=O)O)c1=O. The van der Waals surface area contributed by atoms with Crippen molar-refractivity contribution < 1.29 is 19.4 Å². The second kappa shape index (κ2) is 12.8. The van der Waals surface area contributed by atoms with Crippen LogP contribution in [0.2, 0.25) is 30.7 Å². The summed E-state index contributed by atoms with van der Waals surface area (Å²) in [7, 11) is 0.203. The van der Waals surface area contributed by atoms with Crippen LogP contribution in [0.5, 0.6) is 5.75 Å². The third-order valence-electron chi connectivity index (χ3n) is 7.77. The first-order chi connectivity index (χ1) is 20.7. The third kappa shape index (κ3) is 8.91. The molecule has 2 aromatic heterocycles. The zero-order valence-electron chi connectivity index (χ0n) is 28.1. The van der Waals surface area contributed by atoms with E-state index in [9.17, 15) is 19.5 Å². The molecule has 1 saturated carbocycles. The molecule has 1 aromatic carbocycles. The van der Waals surface area contributed by atoms with E-state index in [1.165, 1.54) is 9.13 Å². The highest BCUT2D eigenvalue weighted by Crippen LogP contribution is 2.38. The molecule has 0 atom stereocenters. The lowest BCUT2D eigenvalue weighted by molar-refractivity contribution is -0.137. The molecule has 1 amide bonds. The Bertz CT molecular complexity index is 1660. The van der Waals surface area contributed by atoms with Crippen LogP contribution >= 0.6 is 11.6 Å². The number of nitrogens with zero attached hydrogens (tertiary/aromatic N) is 3. The number of carboxylic acids is 1. The summed E-state index contributed by atoms with van der Waals surface area (Å²) >= 11 is 6.87. The van der Waals surface area contributed by atoms with Gasteiger partial charge in [0, 0.05) is 39.0 Å². The van der Waals surface area contributed by atoms with Gasteiger partial charge in [-0.2, -0.15) is 4.98 Å². The smallest absolute Gasteiger partial charge is 0.323 e. The van der Waals surface area contributed by atoms with Gasteiger partial charge in [-0.15, -0.1) is 0 Å².